The Hall–Kier alpha value is -1.51. The van der Waals surface area contributed by atoms with Crippen LogP contribution in [0.1, 0.15) is 12.5 Å². The molecular formula is C10H13NO2. The second kappa shape index (κ2) is 4.50. The highest BCUT2D eigenvalue weighted by Crippen LogP contribution is 2.10. The summed E-state index contributed by atoms with van der Waals surface area (Å²) in [7, 11) is 0. The number of hydrogen-bond donors (Lipinski definition) is 2. The number of hydrogen-bond acceptors (Lipinski definition) is 2. The van der Waals surface area contributed by atoms with Crippen LogP contribution in [0, 0.1) is 0 Å². The molecule has 0 spiro atoms. The van der Waals surface area contributed by atoms with Gasteiger partial charge in [0.1, 0.15) is 6.54 Å². The van der Waals surface area contributed by atoms with Crippen LogP contribution in [0.3, 0.4) is 0 Å². The largest absolute Gasteiger partial charge is 0.480 e. The molecule has 70 valence electrons. The first-order valence-corrected chi connectivity index (χ1v) is 4.27. The number of rotatable bonds is 4. The molecule has 0 aliphatic carbocycles. The van der Waals surface area contributed by atoms with Gasteiger partial charge in [0, 0.05) is 5.69 Å². The van der Waals surface area contributed by atoms with Crippen molar-refractivity contribution >= 4 is 11.7 Å². The van der Waals surface area contributed by atoms with Crippen molar-refractivity contribution in [2.75, 3.05) is 11.9 Å². The van der Waals surface area contributed by atoms with Crippen LogP contribution in [-0.4, -0.2) is 17.6 Å². The molecule has 0 radical (unpaired) electrons. The minimum atomic E-state index is -0.845. The van der Waals surface area contributed by atoms with Crippen LogP contribution >= 0.6 is 0 Å². The van der Waals surface area contributed by atoms with Gasteiger partial charge in [0.15, 0.2) is 0 Å². The van der Waals surface area contributed by atoms with Gasteiger partial charge in [-0.2, -0.15) is 0 Å². The lowest BCUT2D eigenvalue weighted by Crippen LogP contribution is -2.12. The predicted molar refractivity (Wildman–Crippen MR) is 51.9 cm³/mol. The highest BCUT2D eigenvalue weighted by Gasteiger charge is 1.96. The van der Waals surface area contributed by atoms with Crippen molar-refractivity contribution in [1.82, 2.24) is 0 Å². The van der Waals surface area contributed by atoms with Crippen molar-refractivity contribution in [2.45, 2.75) is 13.3 Å². The standard InChI is InChI=1S/C10H13NO2/c1-2-8-4-3-5-9(6-8)11-7-10(12)13/h3-6,11H,2,7H2,1H3,(H,12,13). The molecule has 2 N–H and O–H groups in total. The third-order valence-electron chi connectivity index (χ3n) is 1.78. The molecule has 0 aromatic heterocycles. The Bertz CT molecular complexity index is 297. The normalized spacial score (nSPS) is 9.62. The molecule has 0 saturated carbocycles. The molecule has 3 heteroatoms. The molecule has 0 aliphatic rings. The molecule has 0 atom stereocenters. The summed E-state index contributed by atoms with van der Waals surface area (Å²) < 4.78 is 0. The summed E-state index contributed by atoms with van der Waals surface area (Å²) in [6, 6.07) is 7.76. The summed E-state index contributed by atoms with van der Waals surface area (Å²) in [5, 5.41) is 11.3. The van der Waals surface area contributed by atoms with Crippen molar-refractivity contribution in [3.63, 3.8) is 0 Å². The summed E-state index contributed by atoms with van der Waals surface area (Å²) in [5.74, 6) is -0.845. The molecule has 0 amide bonds. The van der Waals surface area contributed by atoms with Gasteiger partial charge in [-0.15, -0.1) is 0 Å². The molecule has 1 aromatic rings. The van der Waals surface area contributed by atoms with Crippen molar-refractivity contribution in [2.24, 2.45) is 0 Å². The van der Waals surface area contributed by atoms with Gasteiger partial charge in [-0.1, -0.05) is 19.1 Å². The molecule has 0 aliphatic heterocycles. The average Bonchev–Trinajstić information content (AvgIpc) is 2.15. The highest BCUT2D eigenvalue weighted by molar-refractivity contribution is 5.72. The van der Waals surface area contributed by atoms with Crippen molar-refractivity contribution in [3.8, 4) is 0 Å². The second-order valence-electron chi connectivity index (χ2n) is 2.80. The van der Waals surface area contributed by atoms with E-state index in [-0.39, 0.29) is 6.54 Å². The van der Waals surface area contributed by atoms with E-state index in [0.29, 0.717) is 0 Å². The Morgan fingerprint density at radius 2 is 2.31 bits per heavy atom. The predicted octanol–water partition coefficient (Wildman–Crippen LogP) is 1.75. The number of carboxylic acid groups (broad SMARTS) is 1. The first-order chi connectivity index (χ1) is 6.22. The van der Waals surface area contributed by atoms with Gasteiger partial charge >= 0.3 is 5.97 Å². The summed E-state index contributed by atoms with van der Waals surface area (Å²) in [6.07, 6.45) is 0.961. The van der Waals surface area contributed by atoms with Crippen molar-refractivity contribution < 1.29 is 9.90 Å². The van der Waals surface area contributed by atoms with E-state index in [2.05, 4.69) is 12.2 Å². The van der Waals surface area contributed by atoms with E-state index in [1.807, 2.05) is 24.3 Å². The minimum Gasteiger partial charge on any atom is -0.480 e. The molecule has 0 bridgehead atoms. The smallest absolute Gasteiger partial charge is 0.322 e. The third-order valence-corrected chi connectivity index (χ3v) is 1.78. The highest BCUT2D eigenvalue weighted by atomic mass is 16.4. The Morgan fingerprint density at radius 1 is 1.54 bits per heavy atom. The van der Waals surface area contributed by atoms with E-state index in [4.69, 9.17) is 5.11 Å². The zero-order valence-electron chi connectivity index (χ0n) is 7.58. The van der Waals surface area contributed by atoms with Crippen LogP contribution in [0.2, 0.25) is 0 Å². The maximum atomic E-state index is 10.3. The quantitative estimate of drug-likeness (QED) is 0.740. The van der Waals surface area contributed by atoms with Crippen LogP contribution in [0.4, 0.5) is 5.69 Å². The van der Waals surface area contributed by atoms with E-state index in [1.54, 1.807) is 0 Å². The molecule has 0 fully saturated rings. The van der Waals surface area contributed by atoms with Crippen molar-refractivity contribution in [1.29, 1.82) is 0 Å². The van der Waals surface area contributed by atoms with Crippen LogP contribution in [-0.2, 0) is 11.2 Å². The third kappa shape index (κ3) is 3.15. The molecule has 3 nitrogen and oxygen atoms in total. The fraction of sp³-hybridized carbons (Fsp3) is 0.300. The topological polar surface area (TPSA) is 49.3 Å². The number of nitrogens with one attached hydrogen (secondary N) is 1. The van der Waals surface area contributed by atoms with Gasteiger partial charge in [-0.3, -0.25) is 4.79 Å². The lowest BCUT2D eigenvalue weighted by molar-refractivity contribution is -0.134. The van der Waals surface area contributed by atoms with Crippen LogP contribution in [0.5, 0.6) is 0 Å². The van der Waals surface area contributed by atoms with Gasteiger partial charge in [-0.25, -0.2) is 0 Å². The number of aliphatic carboxylic acids is 1. The van der Waals surface area contributed by atoms with E-state index in [0.717, 1.165) is 12.1 Å². The number of carbonyl (C=O) groups is 1. The Labute approximate surface area is 77.4 Å². The minimum absolute atomic E-state index is 0.0346. The van der Waals surface area contributed by atoms with E-state index in [1.165, 1.54) is 5.56 Å². The molecule has 0 heterocycles. The first-order valence-electron chi connectivity index (χ1n) is 4.27. The van der Waals surface area contributed by atoms with Gasteiger partial charge in [0.2, 0.25) is 0 Å². The number of aryl methyl sites for hydroxylation is 1. The first kappa shape index (κ1) is 9.58. The van der Waals surface area contributed by atoms with Crippen LogP contribution < -0.4 is 5.32 Å². The fourth-order valence-corrected chi connectivity index (χ4v) is 1.08. The molecule has 0 saturated heterocycles. The van der Waals surface area contributed by atoms with Crippen LogP contribution in [0.25, 0.3) is 0 Å². The Balaban J connectivity index is 2.61. The zero-order chi connectivity index (χ0) is 9.68. The van der Waals surface area contributed by atoms with Crippen molar-refractivity contribution in [3.05, 3.63) is 29.8 Å². The zero-order valence-corrected chi connectivity index (χ0v) is 7.58. The Morgan fingerprint density at radius 3 is 2.92 bits per heavy atom. The monoisotopic (exact) mass is 179 g/mol. The van der Waals surface area contributed by atoms with Crippen LogP contribution in [0.15, 0.2) is 24.3 Å². The summed E-state index contributed by atoms with van der Waals surface area (Å²) in [6.45, 7) is 2.03. The summed E-state index contributed by atoms with van der Waals surface area (Å²) in [4.78, 5) is 10.3. The number of benzene rings is 1. The average molecular weight is 179 g/mol. The van der Waals surface area contributed by atoms with E-state index >= 15 is 0 Å². The number of carboxylic acids is 1. The van der Waals surface area contributed by atoms with Gasteiger partial charge in [0.25, 0.3) is 0 Å². The molecule has 13 heavy (non-hydrogen) atoms. The lowest BCUT2D eigenvalue weighted by Gasteiger charge is -2.04. The maximum absolute atomic E-state index is 10.3. The van der Waals surface area contributed by atoms with Gasteiger partial charge < -0.3 is 10.4 Å². The van der Waals surface area contributed by atoms with E-state index < -0.39 is 5.97 Å². The number of anilines is 1. The SMILES string of the molecule is CCc1cccc(NCC(=O)O)c1. The lowest BCUT2D eigenvalue weighted by atomic mass is 10.1. The summed E-state index contributed by atoms with van der Waals surface area (Å²) >= 11 is 0. The summed E-state index contributed by atoms with van der Waals surface area (Å²) in [5.41, 5.74) is 2.07. The molecule has 1 rings (SSSR count). The molecular weight excluding hydrogens is 166 g/mol. The maximum Gasteiger partial charge on any atom is 0.322 e. The van der Waals surface area contributed by atoms with Gasteiger partial charge in [0.05, 0.1) is 0 Å². The second-order valence-corrected chi connectivity index (χ2v) is 2.80. The fourth-order valence-electron chi connectivity index (χ4n) is 1.08. The Kier molecular flexibility index (Phi) is 3.31. The van der Waals surface area contributed by atoms with Gasteiger partial charge in [-0.05, 0) is 24.1 Å². The molecule has 1 aromatic carbocycles. The van der Waals surface area contributed by atoms with E-state index in [9.17, 15) is 4.79 Å². The molecule has 0 unspecified atom stereocenters.